The molecule has 11 aromatic rings. The van der Waals surface area contributed by atoms with Gasteiger partial charge in [-0.1, -0.05) is 183 Å². The minimum absolute atomic E-state index is 0.109. The Morgan fingerprint density at radius 3 is 1.86 bits per heavy atom. The van der Waals surface area contributed by atoms with Gasteiger partial charge in [0.05, 0.1) is 16.6 Å². The number of benzene rings is 9. The summed E-state index contributed by atoms with van der Waals surface area (Å²) in [6.45, 7) is 4.67. The molecule has 2 heterocycles. The summed E-state index contributed by atoms with van der Waals surface area (Å²) in [5.74, 6) is 0.807. The maximum Gasteiger partial charge on any atom is 0.160 e. The monoisotopic (exact) mass is 804 g/mol. The number of furan rings is 1. The number of rotatable bonds is 5. The van der Waals surface area contributed by atoms with Crippen LogP contribution in [0.25, 0.3) is 88.9 Å². The van der Waals surface area contributed by atoms with Gasteiger partial charge < -0.3 is 4.42 Å². The molecule has 296 valence electrons. The molecule has 3 heteroatoms. The summed E-state index contributed by atoms with van der Waals surface area (Å²) in [6.07, 6.45) is 0. The average Bonchev–Trinajstić information content (AvgIpc) is 3.98. The van der Waals surface area contributed by atoms with E-state index in [1.165, 1.54) is 72.3 Å². The van der Waals surface area contributed by atoms with Crippen molar-refractivity contribution >= 4 is 32.8 Å². The molecule has 0 saturated carbocycles. The number of aromatic nitrogens is 2. The number of fused-ring (bicyclic) bond motifs is 14. The lowest BCUT2D eigenvalue weighted by molar-refractivity contribution is 0.669. The zero-order valence-corrected chi connectivity index (χ0v) is 34.9. The zero-order valence-electron chi connectivity index (χ0n) is 34.9. The molecular weight excluding hydrogens is 765 g/mol. The van der Waals surface area contributed by atoms with Gasteiger partial charge >= 0.3 is 0 Å². The van der Waals surface area contributed by atoms with Crippen LogP contribution in [0.4, 0.5) is 0 Å². The molecule has 0 bridgehead atoms. The second kappa shape index (κ2) is 13.6. The molecule has 1 atom stereocenters. The highest BCUT2D eigenvalue weighted by atomic mass is 16.3. The molecular formula is C60H40N2O. The third kappa shape index (κ3) is 5.02. The maximum atomic E-state index is 6.78. The Morgan fingerprint density at radius 1 is 0.460 bits per heavy atom. The summed E-state index contributed by atoms with van der Waals surface area (Å²) in [4.78, 5) is 10.2. The fourth-order valence-electron chi connectivity index (χ4n) is 11.2. The first-order valence-electron chi connectivity index (χ1n) is 21.9. The predicted octanol–water partition coefficient (Wildman–Crippen LogP) is 15.3. The summed E-state index contributed by atoms with van der Waals surface area (Å²) in [6, 6.07) is 72.6. The van der Waals surface area contributed by atoms with Crippen molar-refractivity contribution < 1.29 is 4.42 Å². The van der Waals surface area contributed by atoms with Crippen molar-refractivity contribution in [3.63, 3.8) is 0 Å². The second-order valence-corrected chi connectivity index (χ2v) is 17.2. The van der Waals surface area contributed by atoms with Crippen LogP contribution in [-0.2, 0) is 5.41 Å². The molecule has 13 rings (SSSR count). The highest BCUT2D eigenvalue weighted by Gasteiger charge is 2.52. The van der Waals surface area contributed by atoms with E-state index in [0.29, 0.717) is 5.82 Å². The van der Waals surface area contributed by atoms with E-state index in [4.69, 9.17) is 14.4 Å². The van der Waals surface area contributed by atoms with Crippen LogP contribution in [0, 0.1) is 6.92 Å². The molecule has 0 aliphatic heterocycles. The Bertz CT molecular complexity index is 3630. The van der Waals surface area contributed by atoms with Crippen LogP contribution in [-0.4, -0.2) is 9.97 Å². The van der Waals surface area contributed by atoms with E-state index >= 15 is 0 Å². The van der Waals surface area contributed by atoms with Crippen molar-refractivity contribution in [1.29, 1.82) is 0 Å². The summed E-state index contributed by atoms with van der Waals surface area (Å²) < 4.78 is 6.78. The van der Waals surface area contributed by atoms with E-state index < -0.39 is 0 Å². The van der Waals surface area contributed by atoms with Gasteiger partial charge in [-0.3, -0.25) is 0 Å². The normalized spacial score (nSPS) is 13.6. The summed E-state index contributed by atoms with van der Waals surface area (Å²) in [5, 5.41) is 3.17. The van der Waals surface area contributed by atoms with Crippen molar-refractivity contribution in [2.45, 2.75) is 25.2 Å². The standard InChI is InChI=1S/C60H40N2O/c1-36(39-31-34-55-49(35-39)45-25-16-26-48(58(45)63-55)57-47-24-11-15-30-54(47)61-59(62-57)38-17-4-3-5-18-38)40-19-6-7-20-42(40)41-32-33-53-56(37(41)2)46-23-10-14-29-52(46)60(53)50-27-12-8-21-43(50)44-22-9-13-28-51(44)60/h3-36H,1-2H3. The van der Waals surface area contributed by atoms with E-state index in [1.807, 2.05) is 24.3 Å². The van der Waals surface area contributed by atoms with Crippen LogP contribution in [0.15, 0.2) is 205 Å². The van der Waals surface area contributed by atoms with Crippen LogP contribution in [0.2, 0.25) is 0 Å². The van der Waals surface area contributed by atoms with E-state index in [2.05, 4.69) is 190 Å². The Kier molecular flexibility index (Phi) is 7.71. The second-order valence-electron chi connectivity index (χ2n) is 17.2. The number of hydrogen-bond acceptors (Lipinski definition) is 3. The molecule has 0 saturated heterocycles. The van der Waals surface area contributed by atoms with E-state index in [9.17, 15) is 0 Å². The smallest absolute Gasteiger partial charge is 0.160 e. The van der Waals surface area contributed by atoms with Gasteiger partial charge in [0.25, 0.3) is 0 Å². The number of nitrogens with zero attached hydrogens (tertiary/aromatic N) is 2. The highest BCUT2D eigenvalue weighted by molar-refractivity contribution is 6.11. The van der Waals surface area contributed by atoms with Crippen LogP contribution in [0.1, 0.15) is 51.8 Å². The van der Waals surface area contributed by atoms with Gasteiger partial charge in [-0.15, -0.1) is 0 Å². The summed E-state index contributed by atoms with van der Waals surface area (Å²) in [7, 11) is 0. The maximum absolute atomic E-state index is 6.78. The van der Waals surface area contributed by atoms with Gasteiger partial charge in [0.1, 0.15) is 11.2 Å². The average molecular weight is 805 g/mol. The predicted molar refractivity (Wildman–Crippen MR) is 258 cm³/mol. The largest absolute Gasteiger partial charge is 0.455 e. The molecule has 1 spiro atoms. The molecule has 9 aromatic carbocycles. The summed E-state index contributed by atoms with van der Waals surface area (Å²) in [5.41, 5.74) is 22.3. The minimum Gasteiger partial charge on any atom is -0.455 e. The zero-order chi connectivity index (χ0) is 41.8. The Balaban J connectivity index is 0.935. The fourth-order valence-corrected chi connectivity index (χ4v) is 11.2. The van der Waals surface area contributed by atoms with E-state index in [-0.39, 0.29) is 11.3 Å². The first-order valence-corrected chi connectivity index (χ1v) is 21.9. The van der Waals surface area contributed by atoms with Gasteiger partial charge in [-0.2, -0.15) is 0 Å². The first kappa shape index (κ1) is 35.8. The molecule has 0 N–H and O–H groups in total. The lowest BCUT2D eigenvalue weighted by Crippen LogP contribution is -2.25. The molecule has 0 radical (unpaired) electrons. The van der Waals surface area contributed by atoms with Crippen molar-refractivity contribution in [1.82, 2.24) is 9.97 Å². The van der Waals surface area contributed by atoms with Crippen LogP contribution in [0.5, 0.6) is 0 Å². The molecule has 0 fully saturated rings. The highest BCUT2D eigenvalue weighted by Crippen LogP contribution is 2.63. The van der Waals surface area contributed by atoms with Gasteiger partial charge in [0, 0.05) is 33.2 Å². The van der Waals surface area contributed by atoms with Crippen LogP contribution >= 0.6 is 0 Å². The fraction of sp³-hybridized carbons (Fsp3) is 0.0667. The quantitative estimate of drug-likeness (QED) is 0.174. The van der Waals surface area contributed by atoms with Crippen LogP contribution < -0.4 is 0 Å². The van der Waals surface area contributed by atoms with Crippen LogP contribution in [0.3, 0.4) is 0 Å². The van der Waals surface area contributed by atoms with Crippen molar-refractivity contribution in [2.24, 2.45) is 0 Å². The Hall–Kier alpha value is -7.88. The number of hydrogen-bond donors (Lipinski definition) is 0. The van der Waals surface area contributed by atoms with Crippen molar-refractivity contribution in [3.8, 4) is 56.0 Å². The van der Waals surface area contributed by atoms with Crippen molar-refractivity contribution in [2.75, 3.05) is 0 Å². The third-order valence-corrected chi connectivity index (χ3v) is 14.1. The van der Waals surface area contributed by atoms with Gasteiger partial charge in [0.15, 0.2) is 5.82 Å². The molecule has 1 unspecified atom stereocenters. The molecule has 2 aromatic heterocycles. The van der Waals surface area contributed by atoms with Crippen molar-refractivity contribution in [3.05, 3.63) is 239 Å². The van der Waals surface area contributed by atoms with E-state index in [1.54, 1.807) is 0 Å². The minimum atomic E-state index is -0.359. The Morgan fingerprint density at radius 2 is 1.08 bits per heavy atom. The van der Waals surface area contributed by atoms with Gasteiger partial charge in [0.2, 0.25) is 0 Å². The molecule has 3 nitrogen and oxygen atoms in total. The van der Waals surface area contributed by atoms with Gasteiger partial charge in [-0.05, 0) is 104 Å². The molecule has 63 heavy (non-hydrogen) atoms. The molecule has 0 amide bonds. The van der Waals surface area contributed by atoms with Gasteiger partial charge in [-0.25, -0.2) is 9.97 Å². The third-order valence-electron chi connectivity index (χ3n) is 14.1. The van der Waals surface area contributed by atoms with E-state index in [0.717, 1.165) is 49.7 Å². The number of para-hydroxylation sites is 2. The summed E-state index contributed by atoms with van der Waals surface area (Å²) >= 11 is 0. The topological polar surface area (TPSA) is 38.9 Å². The lowest BCUT2D eigenvalue weighted by Gasteiger charge is -2.30. The molecule has 2 aliphatic carbocycles. The molecule has 2 aliphatic rings. The Labute approximate surface area is 366 Å². The SMILES string of the molecule is Cc1c(-c2ccccc2C(C)c2ccc3oc4c(-c5nc(-c6ccccc6)nc6ccccc56)cccc4c3c2)ccc2c1-c1ccccc1C21c2ccccc2-c2ccccc21. The first-order chi connectivity index (χ1) is 31.1. The lowest BCUT2D eigenvalue weighted by atomic mass is 9.70.